The Balaban J connectivity index is -0.000000338. The Kier molecular flexibility index (Phi) is 15.7. The van der Waals surface area contributed by atoms with Crippen LogP contribution >= 0.6 is 0 Å². The molecule has 0 bridgehead atoms. The summed E-state index contributed by atoms with van der Waals surface area (Å²) in [6.45, 7) is 11.4. The van der Waals surface area contributed by atoms with Crippen LogP contribution in [0.1, 0.15) is 45.7 Å². The van der Waals surface area contributed by atoms with E-state index >= 15 is 0 Å². The number of rotatable bonds is 3. The maximum atomic E-state index is 13.4. The van der Waals surface area contributed by atoms with Crippen LogP contribution in [0.4, 0.5) is 10.1 Å². The molecule has 0 unspecified atom stereocenters. The van der Waals surface area contributed by atoms with Crippen molar-refractivity contribution in [1.82, 2.24) is 0 Å². The van der Waals surface area contributed by atoms with Gasteiger partial charge in [0.05, 0.1) is 5.56 Å². The van der Waals surface area contributed by atoms with Crippen molar-refractivity contribution in [3.63, 3.8) is 0 Å². The van der Waals surface area contributed by atoms with Gasteiger partial charge in [-0.1, -0.05) is 27.7 Å². The zero-order chi connectivity index (χ0) is 19.2. The number of hydrogen-bond donors (Lipinski definition) is 5. The zero-order valence-corrected chi connectivity index (χ0v) is 14.9. The highest BCUT2D eigenvalue weighted by atomic mass is 19.1. The first-order chi connectivity index (χ1) is 10.6. The van der Waals surface area contributed by atoms with E-state index in [1.165, 1.54) is 6.07 Å². The van der Waals surface area contributed by atoms with E-state index in [4.69, 9.17) is 25.5 Å². The normalized spacial score (nSPS) is 9.00. The number of halogens is 1. The van der Waals surface area contributed by atoms with Gasteiger partial charge in [-0.25, -0.2) is 4.39 Å². The van der Waals surface area contributed by atoms with E-state index in [1.807, 2.05) is 40.7 Å². The highest BCUT2D eigenvalue weighted by Crippen LogP contribution is 2.21. The largest absolute Gasteiger partial charge is 0.387 e. The molecule has 0 aromatic heterocycles. The molecule has 0 fully saturated rings. The predicted molar refractivity (Wildman–Crippen MR) is 91.3 cm³/mol. The molecule has 6 nitrogen and oxygen atoms in total. The first-order valence-electron chi connectivity index (χ1n) is 7.29. The molecule has 0 atom stereocenters. The molecule has 0 aliphatic carbocycles. The molecule has 7 heteroatoms. The van der Waals surface area contributed by atoms with Crippen LogP contribution in [-0.2, 0) is 4.79 Å². The van der Waals surface area contributed by atoms with Crippen molar-refractivity contribution in [1.29, 1.82) is 5.41 Å². The first-order valence-corrected chi connectivity index (χ1v) is 7.29. The van der Waals surface area contributed by atoms with Gasteiger partial charge in [0, 0.05) is 18.4 Å². The van der Waals surface area contributed by atoms with Crippen LogP contribution in [0.5, 0.6) is 0 Å². The molecule has 1 aromatic carbocycles. The molecule has 0 saturated heterocycles. The van der Waals surface area contributed by atoms with E-state index < -0.39 is 12.3 Å². The summed E-state index contributed by atoms with van der Waals surface area (Å²) in [5.74, 6) is -3.48. The fourth-order valence-electron chi connectivity index (χ4n) is 1.32. The highest BCUT2D eigenvalue weighted by Gasteiger charge is 2.14. The molecule has 0 spiro atoms. The number of carbonyl (C=O) groups excluding carboxylic acids is 1. The lowest BCUT2D eigenvalue weighted by atomic mass is 10.1. The molecule has 23 heavy (non-hydrogen) atoms. The van der Waals surface area contributed by atoms with Crippen molar-refractivity contribution in [2.24, 2.45) is 0 Å². The lowest BCUT2D eigenvalue weighted by molar-refractivity contribution is -0.277. The van der Waals surface area contributed by atoms with Crippen LogP contribution in [0.3, 0.4) is 0 Å². The third kappa shape index (κ3) is 12.4. The van der Waals surface area contributed by atoms with Gasteiger partial charge in [-0.15, -0.1) is 0 Å². The second kappa shape index (κ2) is 13.8. The molecule has 0 radical (unpaired) electrons. The quantitative estimate of drug-likeness (QED) is 0.331. The second-order valence-electron chi connectivity index (χ2n) is 3.85. The number of hydrogen-bond acceptors (Lipinski definition) is 6. The molecule has 1 rings (SSSR count). The van der Waals surface area contributed by atoms with Crippen molar-refractivity contribution in [3.05, 3.63) is 29.1 Å². The molecule has 1 aromatic rings. The summed E-state index contributed by atoms with van der Waals surface area (Å²) in [5, 5.41) is 33.0. The van der Waals surface area contributed by atoms with Gasteiger partial charge in [-0.2, -0.15) is 0 Å². The van der Waals surface area contributed by atoms with E-state index in [9.17, 15) is 4.39 Å². The molecule has 0 aliphatic heterocycles. The van der Waals surface area contributed by atoms with Gasteiger partial charge < -0.3 is 26.0 Å². The van der Waals surface area contributed by atoms with Gasteiger partial charge in [0.2, 0.25) is 6.29 Å². The van der Waals surface area contributed by atoms with Gasteiger partial charge in [0.1, 0.15) is 5.82 Å². The van der Waals surface area contributed by atoms with Crippen LogP contribution in [0.25, 0.3) is 0 Å². The third-order valence-electron chi connectivity index (χ3n) is 2.04. The zero-order valence-electron chi connectivity index (χ0n) is 14.9. The van der Waals surface area contributed by atoms with E-state index in [2.05, 4.69) is 5.32 Å². The Morgan fingerprint density at radius 3 is 1.87 bits per heavy atom. The van der Waals surface area contributed by atoms with Crippen LogP contribution in [0, 0.1) is 18.2 Å². The molecular weight excluding hydrogens is 303 g/mol. The summed E-state index contributed by atoms with van der Waals surface area (Å²) >= 11 is 0. The van der Waals surface area contributed by atoms with Gasteiger partial charge >= 0.3 is 5.97 Å². The number of aldehydes is 1. The van der Waals surface area contributed by atoms with Crippen molar-refractivity contribution in [2.45, 2.75) is 47.5 Å². The molecular formula is C16H29FN2O4. The second-order valence-corrected chi connectivity index (χ2v) is 3.85. The number of anilines is 1. The lowest BCUT2D eigenvalue weighted by Gasteiger charge is -2.09. The number of aryl methyl sites for hydroxylation is 1. The molecule has 5 N–H and O–H groups in total. The smallest absolute Gasteiger partial charge is 0.336 e. The summed E-state index contributed by atoms with van der Waals surface area (Å²) in [4.78, 5) is 9.08. The number of benzene rings is 1. The Labute approximate surface area is 137 Å². The summed E-state index contributed by atoms with van der Waals surface area (Å²) in [6.07, 6.45) is -0.396. The predicted octanol–water partition coefficient (Wildman–Crippen LogP) is 2.43. The van der Waals surface area contributed by atoms with E-state index in [0.717, 1.165) is 5.56 Å². The topological polar surface area (TPSA) is 114 Å². The summed E-state index contributed by atoms with van der Waals surface area (Å²) in [7, 11) is 1.72. The fraction of sp³-hybridized carbons (Fsp3) is 0.500. The Bertz CT molecular complexity index is 472. The van der Waals surface area contributed by atoms with Crippen molar-refractivity contribution >= 4 is 17.7 Å². The maximum Gasteiger partial charge on any atom is 0.336 e. The molecule has 0 saturated carbocycles. The maximum absolute atomic E-state index is 13.4. The van der Waals surface area contributed by atoms with Crippen LogP contribution in [0.15, 0.2) is 12.1 Å². The van der Waals surface area contributed by atoms with Gasteiger partial charge in [0.15, 0.2) is 0 Å². The molecule has 0 amide bonds. The van der Waals surface area contributed by atoms with E-state index in [1.54, 1.807) is 14.0 Å². The van der Waals surface area contributed by atoms with Gasteiger partial charge in [0.25, 0.3) is 0 Å². The average Bonchev–Trinajstić information content (AvgIpc) is 2.49. The van der Waals surface area contributed by atoms with Crippen LogP contribution < -0.4 is 5.32 Å². The minimum atomic E-state index is -3.14. The Morgan fingerprint density at radius 2 is 1.61 bits per heavy atom. The highest BCUT2D eigenvalue weighted by molar-refractivity contribution is 6.01. The van der Waals surface area contributed by atoms with Crippen molar-refractivity contribution in [3.8, 4) is 0 Å². The number of aliphatic hydroxyl groups is 3. The van der Waals surface area contributed by atoms with Crippen molar-refractivity contribution < 1.29 is 24.5 Å². The average molecular weight is 332 g/mol. The summed E-state index contributed by atoms with van der Waals surface area (Å²) < 4.78 is 13.4. The first kappa shape index (κ1) is 26.1. The van der Waals surface area contributed by atoms with Gasteiger partial charge in [-0.3, -0.25) is 4.79 Å². The molecule has 0 aliphatic rings. The van der Waals surface area contributed by atoms with Crippen LogP contribution in [-0.4, -0.2) is 40.3 Å². The Morgan fingerprint density at radius 1 is 1.22 bits per heavy atom. The molecule has 0 heterocycles. The van der Waals surface area contributed by atoms with Crippen LogP contribution in [0.2, 0.25) is 0 Å². The lowest BCUT2D eigenvalue weighted by Crippen LogP contribution is -2.28. The fourth-order valence-corrected chi connectivity index (χ4v) is 1.32. The SMILES string of the molecule is CC.CC.CNc1cc(C)cc(F)c1C(C)=N.O=CC(O)(O)O. The van der Waals surface area contributed by atoms with Gasteiger partial charge in [-0.05, 0) is 31.5 Å². The number of nitrogens with one attached hydrogen (secondary N) is 2. The number of carbonyl (C=O) groups is 1. The minimum absolute atomic E-state index is 0.238. The summed E-state index contributed by atoms with van der Waals surface area (Å²) in [6, 6.07) is 3.27. The summed E-state index contributed by atoms with van der Waals surface area (Å²) in [5.41, 5.74) is 2.12. The minimum Gasteiger partial charge on any atom is -0.387 e. The van der Waals surface area contributed by atoms with E-state index in [-0.39, 0.29) is 11.5 Å². The Hall–Kier alpha value is -1.83. The monoisotopic (exact) mass is 332 g/mol. The van der Waals surface area contributed by atoms with E-state index in [0.29, 0.717) is 11.3 Å². The molecule has 134 valence electrons. The standard InChI is InChI=1S/C10H13FN2.C2H4O4.2C2H6/c1-6-4-8(11)10(7(2)12)9(5-6)13-3;3-1-2(4,5)6;2*1-2/h4-5,12-13H,1-3H3;1,4-6H;2*1-2H3. The third-order valence-corrected chi connectivity index (χ3v) is 2.04. The van der Waals surface area contributed by atoms with Crippen molar-refractivity contribution in [2.75, 3.05) is 12.4 Å².